The van der Waals surface area contributed by atoms with Gasteiger partial charge in [-0.2, -0.15) is 0 Å². The zero-order valence-electron chi connectivity index (χ0n) is 10.7. The Labute approximate surface area is 114 Å². The van der Waals surface area contributed by atoms with E-state index in [0.29, 0.717) is 5.82 Å². The topological polar surface area (TPSA) is 121 Å². The van der Waals surface area contributed by atoms with Crippen molar-refractivity contribution in [3.8, 4) is 0 Å². The minimum absolute atomic E-state index is 0.0761. The second-order valence-corrected chi connectivity index (χ2v) is 4.79. The highest BCUT2D eigenvalue weighted by Gasteiger charge is 2.37. The molecule has 2 atom stereocenters. The number of rotatable bonds is 3. The first-order valence-electron chi connectivity index (χ1n) is 6.37. The van der Waals surface area contributed by atoms with E-state index in [1.165, 1.54) is 0 Å². The van der Waals surface area contributed by atoms with E-state index in [1.807, 2.05) is 0 Å². The molecule has 102 valence electrons. The Kier molecular flexibility index (Phi) is 3.02. The van der Waals surface area contributed by atoms with Crippen molar-refractivity contribution in [1.29, 1.82) is 5.41 Å². The molecule has 0 aromatic carbocycles. The first kappa shape index (κ1) is 12.5. The maximum Gasteiger partial charge on any atom is 0.261 e. The number of hydrogen-bond acceptors (Lipinski definition) is 6. The average molecular weight is 270 g/mol. The van der Waals surface area contributed by atoms with Crippen LogP contribution in [0, 0.1) is 5.41 Å². The third-order valence-corrected chi connectivity index (χ3v) is 3.69. The molecule has 2 aromatic rings. The van der Waals surface area contributed by atoms with E-state index < -0.39 is 0 Å². The minimum Gasteiger partial charge on any atom is -0.383 e. The summed E-state index contributed by atoms with van der Waals surface area (Å²) in [6.45, 7) is 0. The van der Waals surface area contributed by atoms with E-state index in [-0.39, 0.29) is 28.8 Å². The van der Waals surface area contributed by atoms with E-state index >= 15 is 0 Å². The summed E-state index contributed by atoms with van der Waals surface area (Å²) >= 11 is 0. The molecular formula is C13H14N6O. The Balaban J connectivity index is 1.95. The summed E-state index contributed by atoms with van der Waals surface area (Å²) in [5, 5.41) is 7.15. The summed E-state index contributed by atoms with van der Waals surface area (Å²) in [6.07, 6.45) is 6.21. The maximum absolute atomic E-state index is 11.8. The highest BCUT2D eigenvalue weighted by Crippen LogP contribution is 2.46. The fourth-order valence-electron chi connectivity index (χ4n) is 2.47. The molecular weight excluding hydrogens is 256 g/mol. The fraction of sp³-hybridized carbons (Fsp3) is 0.308. The van der Waals surface area contributed by atoms with Gasteiger partial charge in [0.25, 0.3) is 5.56 Å². The summed E-state index contributed by atoms with van der Waals surface area (Å²) in [5.41, 5.74) is 5.44. The van der Waals surface area contributed by atoms with Gasteiger partial charge in [-0.15, -0.1) is 0 Å². The molecule has 1 saturated carbocycles. The SMILES string of the molecule is N=Cc1c(N)nc([C@H]2CC[C@H]2c2ncccn2)[nH]c1=O. The maximum atomic E-state index is 11.8. The predicted molar refractivity (Wildman–Crippen MR) is 73.9 cm³/mol. The van der Waals surface area contributed by atoms with Crippen LogP contribution in [0.2, 0.25) is 0 Å². The molecule has 0 saturated heterocycles. The van der Waals surface area contributed by atoms with Gasteiger partial charge in [-0.1, -0.05) is 0 Å². The van der Waals surface area contributed by atoms with Crippen LogP contribution in [0.1, 0.15) is 41.9 Å². The van der Waals surface area contributed by atoms with Gasteiger partial charge in [0, 0.05) is 30.4 Å². The van der Waals surface area contributed by atoms with Gasteiger partial charge in [0.2, 0.25) is 0 Å². The van der Waals surface area contributed by atoms with Crippen molar-refractivity contribution in [2.45, 2.75) is 24.7 Å². The van der Waals surface area contributed by atoms with Crippen LogP contribution in [-0.4, -0.2) is 26.2 Å². The second kappa shape index (κ2) is 4.84. The first-order valence-corrected chi connectivity index (χ1v) is 6.37. The third kappa shape index (κ3) is 1.97. The van der Waals surface area contributed by atoms with E-state index in [0.717, 1.165) is 24.9 Å². The van der Waals surface area contributed by atoms with E-state index in [1.54, 1.807) is 18.5 Å². The van der Waals surface area contributed by atoms with Gasteiger partial charge < -0.3 is 16.1 Å². The van der Waals surface area contributed by atoms with Crippen molar-refractivity contribution >= 4 is 12.0 Å². The Bertz CT molecular complexity index is 696. The molecule has 20 heavy (non-hydrogen) atoms. The third-order valence-electron chi connectivity index (χ3n) is 3.69. The predicted octanol–water partition coefficient (Wildman–Crippen LogP) is 0.801. The van der Waals surface area contributed by atoms with Crippen LogP contribution in [0.3, 0.4) is 0 Å². The molecule has 0 aliphatic heterocycles. The summed E-state index contributed by atoms with van der Waals surface area (Å²) in [6, 6.07) is 1.77. The molecule has 0 spiro atoms. The molecule has 2 aromatic heterocycles. The highest BCUT2D eigenvalue weighted by molar-refractivity contribution is 5.82. The van der Waals surface area contributed by atoms with Crippen molar-refractivity contribution in [3.63, 3.8) is 0 Å². The first-order chi connectivity index (χ1) is 9.70. The number of aromatic nitrogens is 4. The number of nitrogen functional groups attached to an aromatic ring is 1. The summed E-state index contributed by atoms with van der Waals surface area (Å²) in [5.74, 6) is 1.65. The molecule has 1 fully saturated rings. The lowest BCUT2D eigenvalue weighted by molar-refractivity contribution is 0.318. The molecule has 3 rings (SSSR count). The molecule has 1 aliphatic rings. The molecule has 7 nitrogen and oxygen atoms in total. The number of hydrogen-bond donors (Lipinski definition) is 3. The number of nitrogens with one attached hydrogen (secondary N) is 2. The van der Waals surface area contributed by atoms with Crippen LogP contribution in [0.15, 0.2) is 23.3 Å². The number of nitrogens with two attached hydrogens (primary N) is 1. The van der Waals surface area contributed by atoms with Crippen LogP contribution < -0.4 is 11.3 Å². The number of aromatic amines is 1. The zero-order chi connectivity index (χ0) is 14.1. The van der Waals surface area contributed by atoms with Crippen molar-refractivity contribution in [2.24, 2.45) is 0 Å². The van der Waals surface area contributed by atoms with Crippen molar-refractivity contribution in [3.05, 3.63) is 46.0 Å². The molecule has 0 unspecified atom stereocenters. The lowest BCUT2D eigenvalue weighted by Gasteiger charge is -2.34. The molecule has 0 amide bonds. The van der Waals surface area contributed by atoms with Crippen molar-refractivity contribution in [1.82, 2.24) is 19.9 Å². The summed E-state index contributed by atoms with van der Waals surface area (Å²) < 4.78 is 0. The number of nitrogens with zero attached hydrogens (tertiary/aromatic N) is 3. The van der Waals surface area contributed by atoms with E-state index in [2.05, 4.69) is 19.9 Å². The molecule has 0 radical (unpaired) electrons. The molecule has 1 aliphatic carbocycles. The fourth-order valence-corrected chi connectivity index (χ4v) is 2.47. The average Bonchev–Trinajstić information content (AvgIpc) is 2.38. The monoisotopic (exact) mass is 270 g/mol. The Morgan fingerprint density at radius 2 is 2.00 bits per heavy atom. The smallest absolute Gasteiger partial charge is 0.261 e. The molecule has 4 N–H and O–H groups in total. The lowest BCUT2D eigenvalue weighted by atomic mass is 9.72. The minimum atomic E-state index is -0.373. The summed E-state index contributed by atoms with van der Waals surface area (Å²) in [4.78, 5) is 27.3. The van der Waals surface area contributed by atoms with Crippen LogP contribution in [0.5, 0.6) is 0 Å². The molecule has 0 bridgehead atoms. The largest absolute Gasteiger partial charge is 0.383 e. The Hall–Kier alpha value is -2.57. The van der Waals surface area contributed by atoms with Gasteiger partial charge in [-0.3, -0.25) is 4.79 Å². The number of H-pyrrole nitrogens is 1. The van der Waals surface area contributed by atoms with Crippen LogP contribution in [-0.2, 0) is 0 Å². The van der Waals surface area contributed by atoms with Gasteiger partial charge in [0.15, 0.2) is 0 Å². The van der Waals surface area contributed by atoms with Crippen LogP contribution >= 0.6 is 0 Å². The molecule has 7 heteroatoms. The molecule has 2 heterocycles. The van der Waals surface area contributed by atoms with E-state index in [4.69, 9.17) is 11.1 Å². The lowest BCUT2D eigenvalue weighted by Crippen LogP contribution is -2.29. The van der Waals surface area contributed by atoms with Crippen LogP contribution in [0.4, 0.5) is 5.82 Å². The number of anilines is 1. The van der Waals surface area contributed by atoms with E-state index in [9.17, 15) is 4.79 Å². The zero-order valence-corrected chi connectivity index (χ0v) is 10.7. The van der Waals surface area contributed by atoms with Gasteiger partial charge in [-0.25, -0.2) is 15.0 Å². The van der Waals surface area contributed by atoms with Gasteiger partial charge in [-0.05, 0) is 18.9 Å². The van der Waals surface area contributed by atoms with Crippen molar-refractivity contribution in [2.75, 3.05) is 5.73 Å². The normalized spacial score (nSPS) is 21.2. The van der Waals surface area contributed by atoms with Crippen LogP contribution in [0.25, 0.3) is 0 Å². The highest BCUT2D eigenvalue weighted by atomic mass is 16.1. The van der Waals surface area contributed by atoms with Gasteiger partial charge >= 0.3 is 0 Å². The van der Waals surface area contributed by atoms with Gasteiger partial charge in [0.05, 0.1) is 5.56 Å². The Morgan fingerprint density at radius 1 is 1.30 bits per heavy atom. The quantitative estimate of drug-likeness (QED) is 0.712. The Morgan fingerprint density at radius 3 is 2.55 bits per heavy atom. The second-order valence-electron chi connectivity index (χ2n) is 4.79. The van der Waals surface area contributed by atoms with Crippen molar-refractivity contribution < 1.29 is 0 Å². The standard InChI is InChI=1S/C13H14N6O/c14-6-9-10(15)18-12(19-13(9)20)8-3-2-7(8)11-16-4-1-5-17-11/h1,4-8,14H,2-3H2,(H3,15,18,19,20)/t7-,8+/m1/s1. The summed E-state index contributed by atoms with van der Waals surface area (Å²) in [7, 11) is 0. The van der Waals surface area contributed by atoms with Gasteiger partial charge in [0.1, 0.15) is 17.5 Å².